The predicted octanol–water partition coefficient (Wildman–Crippen LogP) is 4.83. The molecular formula is C27H14BNS. The average Bonchev–Trinajstić information content (AvgIpc) is 2.81. The molecule has 0 saturated heterocycles. The van der Waals surface area contributed by atoms with Gasteiger partial charge in [0.15, 0.2) is 0 Å². The lowest BCUT2D eigenvalue weighted by atomic mass is 9.33. The van der Waals surface area contributed by atoms with Gasteiger partial charge >= 0.3 is 0 Å². The Labute approximate surface area is 179 Å². The van der Waals surface area contributed by atoms with Gasteiger partial charge in [-0.15, -0.1) is 0 Å². The normalized spacial score (nSPS) is 13.1. The van der Waals surface area contributed by atoms with Gasteiger partial charge in [0.05, 0.1) is 11.6 Å². The maximum atomic E-state index is 9.70. The van der Waals surface area contributed by atoms with Crippen molar-refractivity contribution in [3.63, 3.8) is 0 Å². The molecule has 0 atom stereocenters. The Hall–Kier alpha value is -3.48. The van der Waals surface area contributed by atoms with Gasteiger partial charge in [-0.2, -0.15) is 5.26 Å². The minimum atomic E-state index is 0.196. The van der Waals surface area contributed by atoms with E-state index in [1.165, 1.54) is 53.5 Å². The van der Waals surface area contributed by atoms with Gasteiger partial charge in [-0.3, -0.25) is 0 Å². The third-order valence-corrected chi connectivity index (χ3v) is 7.82. The van der Waals surface area contributed by atoms with E-state index in [-0.39, 0.29) is 6.71 Å². The molecule has 0 spiro atoms. The lowest BCUT2D eigenvalue weighted by molar-refractivity contribution is 1.45. The van der Waals surface area contributed by atoms with Crippen molar-refractivity contribution in [2.45, 2.75) is 9.79 Å². The number of benzene rings is 5. The first kappa shape index (κ1) is 16.3. The highest BCUT2D eigenvalue weighted by molar-refractivity contribution is 8.00. The van der Waals surface area contributed by atoms with Crippen molar-refractivity contribution in [2.24, 2.45) is 0 Å². The van der Waals surface area contributed by atoms with Crippen LogP contribution in [-0.2, 0) is 0 Å². The van der Waals surface area contributed by atoms with Crippen LogP contribution in [0.2, 0.25) is 0 Å². The van der Waals surface area contributed by atoms with Gasteiger partial charge in [-0.1, -0.05) is 95.5 Å². The van der Waals surface area contributed by atoms with Crippen LogP contribution in [0, 0.1) is 11.3 Å². The number of hydrogen-bond donors (Lipinski definition) is 0. The Balaban J connectivity index is 1.67. The third-order valence-electron chi connectivity index (χ3n) is 6.58. The summed E-state index contributed by atoms with van der Waals surface area (Å²) in [6.45, 7) is 0.196. The fourth-order valence-electron chi connectivity index (χ4n) is 5.35. The second-order valence-corrected chi connectivity index (χ2v) is 9.05. The molecule has 0 fully saturated rings. The molecule has 0 radical (unpaired) electrons. The molecule has 7 rings (SSSR count). The molecule has 0 N–H and O–H groups in total. The van der Waals surface area contributed by atoms with Crippen LogP contribution < -0.4 is 16.4 Å². The van der Waals surface area contributed by atoms with E-state index in [0.717, 1.165) is 10.9 Å². The topological polar surface area (TPSA) is 23.8 Å². The Morgan fingerprint density at radius 1 is 0.700 bits per heavy atom. The molecule has 0 aliphatic carbocycles. The van der Waals surface area contributed by atoms with Gasteiger partial charge in [0.2, 0.25) is 6.71 Å². The first-order valence-corrected chi connectivity index (χ1v) is 11.0. The average molecular weight is 395 g/mol. The minimum absolute atomic E-state index is 0.196. The van der Waals surface area contributed by atoms with Crippen molar-refractivity contribution in [2.75, 3.05) is 0 Å². The Morgan fingerprint density at radius 3 is 2.43 bits per heavy atom. The van der Waals surface area contributed by atoms with Gasteiger partial charge in [0.1, 0.15) is 0 Å². The van der Waals surface area contributed by atoms with Crippen LogP contribution >= 0.6 is 11.8 Å². The molecule has 5 aromatic carbocycles. The van der Waals surface area contributed by atoms with E-state index in [1.807, 2.05) is 17.8 Å². The predicted molar refractivity (Wildman–Crippen MR) is 127 cm³/mol. The second kappa shape index (κ2) is 5.78. The summed E-state index contributed by atoms with van der Waals surface area (Å²) in [5, 5.41) is 14.6. The first-order valence-electron chi connectivity index (χ1n) is 10.1. The summed E-state index contributed by atoms with van der Waals surface area (Å²) in [5.41, 5.74) is 7.40. The summed E-state index contributed by atoms with van der Waals surface area (Å²) >= 11 is 1.90. The molecule has 2 heterocycles. The lowest BCUT2D eigenvalue weighted by Gasteiger charge is -2.34. The number of rotatable bonds is 0. The number of fused-ring (bicyclic) bond motifs is 6. The highest BCUT2D eigenvalue weighted by atomic mass is 32.2. The van der Waals surface area contributed by atoms with Crippen LogP contribution in [0.3, 0.4) is 0 Å². The maximum absolute atomic E-state index is 9.70. The van der Waals surface area contributed by atoms with Gasteiger partial charge in [-0.05, 0) is 50.3 Å². The van der Waals surface area contributed by atoms with E-state index < -0.39 is 0 Å². The quantitative estimate of drug-likeness (QED) is 0.344. The molecule has 0 saturated carbocycles. The van der Waals surface area contributed by atoms with Crippen molar-refractivity contribution < 1.29 is 0 Å². The highest BCUT2D eigenvalue weighted by Crippen LogP contribution is 2.40. The van der Waals surface area contributed by atoms with Gasteiger partial charge < -0.3 is 0 Å². The molecule has 0 unspecified atom stereocenters. The molecule has 0 bridgehead atoms. The van der Waals surface area contributed by atoms with Crippen LogP contribution in [0.15, 0.2) is 94.7 Å². The van der Waals surface area contributed by atoms with E-state index >= 15 is 0 Å². The van der Waals surface area contributed by atoms with E-state index in [9.17, 15) is 5.26 Å². The number of nitriles is 1. The van der Waals surface area contributed by atoms with Gasteiger partial charge in [0.25, 0.3) is 0 Å². The van der Waals surface area contributed by atoms with Crippen LogP contribution in [0.1, 0.15) is 5.56 Å². The fraction of sp³-hybridized carbons (Fsp3) is 0. The first-order chi connectivity index (χ1) is 14.8. The molecule has 2 aliphatic rings. The zero-order valence-corrected chi connectivity index (χ0v) is 16.8. The van der Waals surface area contributed by atoms with Crippen LogP contribution in [0.4, 0.5) is 0 Å². The monoisotopic (exact) mass is 395 g/mol. The molecule has 0 amide bonds. The zero-order chi connectivity index (χ0) is 19.8. The van der Waals surface area contributed by atoms with E-state index in [1.54, 1.807) is 0 Å². The summed E-state index contributed by atoms with van der Waals surface area (Å²) in [6.07, 6.45) is 0. The van der Waals surface area contributed by atoms with Crippen molar-refractivity contribution in [3.05, 3.63) is 90.5 Å². The number of hydrogen-bond acceptors (Lipinski definition) is 2. The minimum Gasteiger partial charge on any atom is -0.192 e. The molecule has 30 heavy (non-hydrogen) atoms. The fourth-order valence-corrected chi connectivity index (χ4v) is 6.66. The van der Waals surface area contributed by atoms with Crippen LogP contribution in [0.5, 0.6) is 0 Å². The van der Waals surface area contributed by atoms with E-state index in [0.29, 0.717) is 0 Å². The van der Waals surface area contributed by atoms with Crippen LogP contribution in [-0.4, -0.2) is 6.71 Å². The molecular weight excluding hydrogens is 381 g/mol. The molecule has 5 aromatic rings. The maximum Gasteiger partial charge on any atom is 0.245 e. The van der Waals surface area contributed by atoms with E-state index in [4.69, 9.17) is 0 Å². The van der Waals surface area contributed by atoms with E-state index in [2.05, 4.69) is 84.9 Å². The highest BCUT2D eigenvalue weighted by Gasteiger charge is 2.38. The SMILES string of the molecule is N#Cc1ccc2c3c(cccc13)-c1cccc3c1B2c1ccc2ccccc2c1S3. The summed E-state index contributed by atoms with van der Waals surface area (Å²) in [5.74, 6) is 0. The van der Waals surface area contributed by atoms with Crippen molar-refractivity contribution in [3.8, 4) is 17.2 Å². The summed E-state index contributed by atoms with van der Waals surface area (Å²) in [6, 6.07) is 32.9. The molecule has 3 heteroatoms. The standard InChI is InChI=1S/C27H14BNS/c29-15-17-12-13-22-25-18(17)7-3-8-20(25)21-9-4-10-24-26(21)28(22)23-14-11-16-5-1-2-6-19(16)27(23)30-24/h1-14H. The Kier molecular flexibility index (Phi) is 3.15. The van der Waals surface area contributed by atoms with Crippen LogP contribution in [0.25, 0.3) is 32.7 Å². The molecule has 1 nitrogen and oxygen atoms in total. The summed E-state index contributed by atoms with van der Waals surface area (Å²) < 4.78 is 0. The zero-order valence-electron chi connectivity index (χ0n) is 16.0. The molecule has 0 aromatic heterocycles. The summed E-state index contributed by atoms with van der Waals surface area (Å²) in [7, 11) is 0. The van der Waals surface area contributed by atoms with Crippen molar-refractivity contribution in [1.82, 2.24) is 0 Å². The van der Waals surface area contributed by atoms with Crippen molar-refractivity contribution >= 4 is 56.4 Å². The van der Waals surface area contributed by atoms with Gasteiger partial charge in [0, 0.05) is 9.79 Å². The largest absolute Gasteiger partial charge is 0.245 e. The van der Waals surface area contributed by atoms with Gasteiger partial charge in [-0.25, -0.2) is 0 Å². The Morgan fingerprint density at radius 2 is 1.50 bits per heavy atom. The van der Waals surface area contributed by atoms with Crippen molar-refractivity contribution in [1.29, 1.82) is 5.26 Å². The Bertz CT molecular complexity index is 1590. The lowest BCUT2D eigenvalue weighted by Crippen LogP contribution is -2.57. The molecule has 2 aliphatic heterocycles. The smallest absolute Gasteiger partial charge is 0.192 e. The third kappa shape index (κ3) is 1.95. The number of nitrogens with zero attached hydrogens (tertiary/aromatic N) is 1. The molecule has 136 valence electrons. The summed E-state index contributed by atoms with van der Waals surface area (Å²) in [4.78, 5) is 2.70. The second-order valence-electron chi connectivity index (χ2n) is 8.00.